The van der Waals surface area contributed by atoms with E-state index in [1.165, 1.54) is 18.6 Å². The van der Waals surface area contributed by atoms with E-state index in [0.717, 1.165) is 17.4 Å². The number of nitrogens with zero attached hydrogens (tertiary/aromatic N) is 4. The molecule has 0 saturated carbocycles. The smallest absolute Gasteiger partial charge is 0.496 e. The van der Waals surface area contributed by atoms with Crippen LogP contribution in [0.15, 0.2) is 29.6 Å². The van der Waals surface area contributed by atoms with Crippen LogP contribution < -0.4 is 8.92 Å². The summed E-state index contributed by atoms with van der Waals surface area (Å²) in [7, 11) is -3.43. The van der Waals surface area contributed by atoms with E-state index in [0.29, 0.717) is 37.6 Å². The molecule has 1 aliphatic rings. The lowest BCUT2D eigenvalue weighted by Crippen LogP contribution is -2.44. The highest BCUT2D eigenvalue weighted by Crippen LogP contribution is 2.48. The molecule has 5 rings (SSSR count). The SMILES string of the molecule is COCCCC[C@H]1c2cc(-c3nc(OS(=O)(=O)C(F)(F)F)c4ccsc4c3-c3c(F)cc(F)cc3OC)nn2CCN1C(=O)OC(C)(C)C. The number of amides is 1. The van der Waals surface area contributed by atoms with Crippen LogP contribution in [0.4, 0.5) is 26.7 Å². The molecule has 0 N–H and O–H groups in total. The van der Waals surface area contributed by atoms with E-state index in [2.05, 4.69) is 14.3 Å². The molecule has 0 spiro atoms. The van der Waals surface area contributed by atoms with Gasteiger partial charge in [0.1, 0.15) is 34.4 Å². The van der Waals surface area contributed by atoms with E-state index in [9.17, 15) is 30.8 Å². The average Bonchev–Trinajstić information content (AvgIpc) is 3.66. The van der Waals surface area contributed by atoms with Gasteiger partial charge in [-0.3, -0.25) is 9.58 Å². The van der Waals surface area contributed by atoms with Gasteiger partial charge in [-0.05, 0) is 57.5 Å². The molecular weight excluding hydrogens is 699 g/mol. The van der Waals surface area contributed by atoms with Gasteiger partial charge < -0.3 is 18.4 Å². The number of aromatic nitrogens is 3. The number of thiophene rings is 1. The van der Waals surface area contributed by atoms with Crippen LogP contribution in [0.3, 0.4) is 0 Å². The number of rotatable bonds is 10. The molecule has 11 nitrogen and oxygen atoms in total. The van der Waals surface area contributed by atoms with Crippen LogP contribution in [0.2, 0.25) is 0 Å². The maximum absolute atomic E-state index is 15.7. The molecule has 49 heavy (non-hydrogen) atoms. The molecule has 3 aromatic heterocycles. The zero-order valence-corrected chi connectivity index (χ0v) is 28.7. The van der Waals surface area contributed by atoms with Crippen LogP contribution in [-0.4, -0.2) is 72.7 Å². The Kier molecular flexibility index (Phi) is 10.1. The highest BCUT2D eigenvalue weighted by Gasteiger charge is 2.49. The molecule has 4 aromatic rings. The first-order valence-corrected chi connectivity index (χ1v) is 17.3. The average molecular weight is 733 g/mol. The first-order chi connectivity index (χ1) is 23.0. The lowest BCUT2D eigenvalue weighted by atomic mass is 9.98. The van der Waals surface area contributed by atoms with Gasteiger partial charge in [-0.1, -0.05) is 0 Å². The third-order valence-electron chi connectivity index (χ3n) is 7.56. The van der Waals surface area contributed by atoms with Gasteiger partial charge in [0.2, 0.25) is 5.88 Å². The lowest BCUT2D eigenvalue weighted by Gasteiger charge is -2.37. The van der Waals surface area contributed by atoms with E-state index in [4.69, 9.17) is 14.2 Å². The number of fused-ring (bicyclic) bond motifs is 2. The van der Waals surface area contributed by atoms with Gasteiger partial charge in [0.25, 0.3) is 0 Å². The molecule has 1 aromatic carbocycles. The number of carbonyl (C=O) groups is 1. The predicted octanol–water partition coefficient (Wildman–Crippen LogP) is 7.45. The molecular formula is C31H33F5N4O7S2. The highest BCUT2D eigenvalue weighted by molar-refractivity contribution is 7.88. The van der Waals surface area contributed by atoms with Crippen molar-refractivity contribution in [1.29, 1.82) is 0 Å². The Hall–Kier alpha value is -4.03. The molecule has 0 aliphatic carbocycles. The number of alkyl halides is 3. The molecule has 0 saturated heterocycles. The van der Waals surface area contributed by atoms with Gasteiger partial charge >= 0.3 is 21.7 Å². The summed E-state index contributed by atoms with van der Waals surface area (Å²) in [6.45, 7) is 6.06. The lowest BCUT2D eigenvalue weighted by molar-refractivity contribution is -0.0500. The summed E-state index contributed by atoms with van der Waals surface area (Å²) in [5.74, 6) is -3.22. The number of pyridine rings is 1. The summed E-state index contributed by atoms with van der Waals surface area (Å²) < 4.78 is 117. The Morgan fingerprint density at radius 3 is 2.45 bits per heavy atom. The number of ether oxygens (including phenoxy) is 3. The summed E-state index contributed by atoms with van der Waals surface area (Å²) >= 11 is 0.930. The second-order valence-corrected chi connectivity index (χ2v) is 14.6. The quantitative estimate of drug-likeness (QED) is 0.0708. The van der Waals surface area contributed by atoms with Crippen LogP contribution in [-0.2, 0) is 26.1 Å². The normalized spacial score (nSPS) is 15.4. The maximum Gasteiger partial charge on any atom is 0.534 e. The van der Waals surface area contributed by atoms with Crippen molar-refractivity contribution < 1.29 is 53.6 Å². The Labute approximate surface area is 282 Å². The number of methoxy groups -OCH3 is 2. The summed E-state index contributed by atoms with van der Waals surface area (Å²) in [6, 6.07) is 3.76. The molecule has 1 aliphatic heterocycles. The second-order valence-electron chi connectivity index (χ2n) is 12.1. The fourth-order valence-electron chi connectivity index (χ4n) is 5.52. The van der Waals surface area contributed by atoms with Crippen molar-refractivity contribution in [2.75, 3.05) is 27.4 Å². The number of carbonyl (C=O) groups excluding carboxylic acids is 1. The maximum atomic E-state index is 15.7. The molecule has 266 valence electrons. The highest BCUT2D eigenvalue weighted by atomic mass is 32.2. The second kappa shape index (κ2) is 13.7. The van der Waals surface area contributed by atoms with Crippen molar-refractivity contribution in [1.82, 2.24) is 19.7 Å². The van der Waals surface area contributed by atoms with Crippen molar-refractivity contribution in [2.45, 2.75) is 63.7 Å². The predicted molar refractivity (Wildman–Crippen MR) is 170 cm³/mol. The van der Waals surface area contributed by atoms with Crippen molar-refractivity contribution in [3.8, 4) is 34.1 Å². The van der Waals surface area contributed by atoms with Gasteiger partial charge in [0.15, 0.2) is 0 Å². The molecule has 0 radical (unpaired) electrons. The van der Waals surface area contributed by atoms with Crippen LogP contribution in [0.5, 0.6) is 11.6 Å². The van der Waals surface area contributed by atoms with Gasteiger partial charge in [-0.25, -0.2) is 18.6 Å². The van der Waals surface area contributed by atoms with Gasteiger partial charge in [-0.2, -0.15) is 26.7 Å². The Bertz CT molecular complexity index is 1970. The standard InChI is InChI=1S/C31H33F5N4O7S2/c1-30(2,3)46-29(41)39-10-11-40-22(21(39)8-6-7-12-44-4)16-20(38-40)26-25(24-19(33)14-17(32)15-23(24)45-5)27-18(9-13-48-27)28(37-26)47-49(42,43)31(34,35)36/h9,13-16,21H,6-8,10-12H2,1-5H3/t21-/m0/s1. The van der Waals surface area contributed by atoms with Gasteiger partial charge in [0.05, 0.1) is 41.0 Å². The third kappa shape index (κ3) is 7.45. The minimum Gasteiger partial charge on any atom is -0.496 e. The third-order valence-corrected chi connectivity index (χ3v) is 9.44. The first-order valence-electron chi connectivity index (χ1n) is 15.0. The Morgan fingerprint density at radius 1 is 1.06 bits per heavy atom. The van der Waals surface area contributed by atoms with Crippen molar-refractivity contribution in [2.24, 2.45) is 0 Å². The monoisotopic (exact) mass is 732 g/mol. The number of benzene rings is 1. The van der Waals surface area contributed by atoms with Gasteiger partial charge in [0, 0.05) is 38.0 Å². The van der Waals surface area contributed by atoms with Crippen LogP contribution in [0.25, 0.3) is 32.6 Å². The minimum absolute atomic E-state index is 0.00624. The zero-order valence-electron chi connectivity index (χ0n) is 27.1. The number of unbranched alkanes of at least 4 members (excludes halogenated alkanes) is 1. The zero-order chi connectivity index (χ0) is 35.9. The van der Waals surface area contributed by atoms with Crippen LogP contribution in [0.1, 0.15) is 51.8 Å². The Balaban J connectivity index is 1.74. The largest absolute Gasteiger partial charge is 0.534 e. The van der Waals surface area contributed by atoms with E-state index in [1.807, 2.05) is 0 Å². The molecule has 0 fully saturated rings. The van der Waals surface area contributed by atoms with E-state index >= 15 is 4.39 Å². The van der Waals surface area contributed by atoms with Crippen molar-refractivity contribution in [3.05, 3.63) is 47.0 Å². The van der Waals surface area contributed by atoms with E-state index in [1.54, 1.807) is 43.5 Å². The van der Waals surface area contributed by atoms with Gasteiger partial charge in [-0.15, -0.1) is 11.3 Å². The molecule has 1 atom stereocenters. The molecule has 1 amide bonds. The minimum atomic E-state index is -6.18. The number of hydrogen-bond acceptors (Lipinski definition) is 10. The van der Waals surface area contributed by atoms with Crippen molar-refractivity contribution >= 4 is 37.6 Å². The topological polar surface area (TPSA) is 122 Å². The first kappa shape index (κ1) is 36.3. The number of halogens is 5. The summed E-state index contributed by atoms with van der Waals surface area (Å²) in [6.07, 6.45) is 1.20. The summed E-state index contributed by atoms with van der Waals surface area (Å²) in [5.41, 5.74) is -6.67. The van der Waals surface area contributed by atoms with Crippen LogP contribution >= 0.6 is 11.3 Å². The summed E-state index contributed by atoms with van der Waals surface area (Å²) in [5, 5.41) is 5.88. The fourth-order valence-corrected chi connectivity index (χ4v) is 6.89. The molecule has 0 bridgehead atoms. The van der Waals surface area contributed by atoms with E-state index < -0.39 is 50.9 Å². The van der Waals surface area contributed by atoms with Crippen LogP contribution in [0, 0.1) is 11.6 Å². The summed E-state index contributed by atoms with van der Waals surface area (Å²) in [4.78, 5) is 19.1. The van der Waals surface area contributed by atoms with Crippen molar-refractivity contribution in [3.63, 3.8) is 0 Å². The van der Waals surface area contributed by atoms with E-state index in [-0.39, 0.29) is 51.4 Å². The molecule has 18 heteroatoms. The molecule has 4 heterocycles. The fraction of sp³-hybridized carbons (Fsp3) is 0.452. The Morgan fingerprint density at radius 2 is 1.80 bits per heavy atom. The number of hydrogen-bond donors (Lipinski definition) is 0. The molecule has 0 unspecified atom stereocenters.